The van der Waals surface area contributed by atoms with Crippen LogP contribution in [-0.4, -0.2) is 83.7 Å². The number of amides is 3. The summed E-state index contributed by atoms with van der Waals surface area (Å²) < 4.78 is 15.4. The number of nitrogens with zero attached hydrogens (tertiary/aromatic N) is 3. The van der Waals surface area contributed by atoms with Crippen LogP contribution >= 0.6 is 12.4 Å². The fraction of sp³-hybridized carbons (Fsp3) is 0.556. The number of carbonyl (C=O) groups excluding carboxylic acids is 4. The normalized spacial score (nSPS) is 18.0. The van der Waals surface area contributed by atoms with Crippen molar-refractivity contribution < 1.29 is 23.6 Å². The third kappa shape index (κ3) is 5.86. The molecule has 38 heavy (non-hydrogen) atoms. The Morgan fingerprint density at radius 2 is 1.68 bits per heavy atom. The van der Waals surface area contributed by atoms with Crippen molar-refractivity contribution in [1.82, 2.24) is 25.0 Å². The predicted octanol–water partition coefficient (Wildman–Crippen LogP) is 2.51. The third-order valence-corrected chi connectivity index (χ3v) is 7.91. The van der Waals surface area contributed by atoms with E-state index in [4.69, 9.17) is 0 Å². The Morgan fingerprint density at radius 1 is 1.05 bits per heavy atom. The lowest BCUT2D eigenvalue weighted by molar-refractivity contribution is -0.140. The van der Waals surface area contributed by atoms with E-state index in [0.29, 0.717) is 43.4 Å². The van der Waals surface area contributed by atoms with E-state index in [-0.39, 0.29) is 47.3 Å². The molecule has 0 unspecified atom stereocenters. The molecular formula is C27H37ClFN5O4. The first-order valence-corrected chi connectivity index (χ1v) is 13.1. The van der Waals surface area contributed by atoms with E-state index in [2.05, 4.69) is 10.6 Å². The molecule has 2 atom stereocenters. The van der Waals surface area contributed by atoms with Crippen LogP contribution in [0.25, 0.3) is 10.9 Å². The molecule has 3 amide bonds. The SMILES string of the molecule is CN[C@@H](C)C(=O)N[C@H](C(=O)N1CCN(C(=O)c2c(C=O)c3cc(F)ccc3n2C)CC1)C1CCCCC1.Cl. The van der Waals surface area contributed by atoms with Crippen LogP contribution in [0.2, 0.25) is 0 Å². The second kappa shape index (κ2) is 12.7. The van der Waals surface area contributed by atoms with Crippen LogP contribution in [-0.2, 0) is 16.6 Å². The number of likely N-dealkylation sites (N-methyl/N-ethyl adjacent to an activating group) is 1. The molecule has 0 radical (unpaired) electrons. The second-order valence-corrected chi connectivity index (χ2v) is 10.1. The standard InChI is InChI=1S/C27H36FN5O4.ClH/c1-17(29-2)25(35)30-23(18-7-5-4-6-8-18)26(36)32-11-13-33(14-12-32)27(37)24-21(16-34)20-15-19(28)9-10-22(20)31(24)3;/h9-10,15-18,23,29H,4-8,11-14H2,1-3H3,(H,30,35);1H/t17-,23-;/m0./s1. The number of piperazine rings is 1. The molecule has 9 nitrogen and oxygen atoms in total. The van der Waals surface area contributed by atoms with E-state index >= 15 is 0 Å². The van der Waals surface area contributed by atoms with E-state index in [1.54, 1.807) is 41.5 Å². The van der Waals surface area contributed by atoms with Crippen LogP contribution in [0.15, 0.2) is 18.2 Å². The largest absolute Gasteiger partial charge is 0.343 e. The minimum atomic E-state index is -0.583. The smallest absolute Gasteiger partial charge is 0.271 e. The summed E-state index contributed by atoms with van der Waals surface area (Å²) in [4.78, 5) is 54.9. The Balaban J connectivity index is 0.00000400. The quantitative estimate of drug-likeness (QED) is 0.517. The number of rotatable bonds is 7. The molecule has 1 saturated heterocycles. The first kappa shape index (κ1) is 29.6. The maximum absolute atomic E-state index is 13.8. The fourth-order valence-corrected chi connectivity index (χ4v) is 5.56. The fourth-order valence-electron chi connectivity index (χ4n) is 5.56. The zero-order valence-corrected chi connectivity index (χ0v) is 23.0. The minimum absolute atomic E-state index is 0. The number of hydrogen-bond acceptors (Lipinski definition) is 5. The van der Waals surface area contributed by atoms with Gasteiger partial charge in [0.2, 0.25) is 11.8 Å². The van der Waals surface area contributed by atoms with Gasteiger partial charge in [-0.1, -0.05) is 19.3 Å². The Kier molecular flexibility index (Phi) is 9.89. The number of nitrogens with one attached hydrogen (secondary N) is 2. The van der Waals surface area contributed by atoms with Gasteiger partial charge in [0.1, 0.15) is 17.6 Å². The molecule has 2 aliphatic rings. The zero-order chi connectivity index (χ0) is 26.7. The van der Waals surface area contributed by atoms with Gasteiger partial charge >= 0.3 is 0 Å². The zero-order valence-electron chi connectivity index (χ0n) is 22.2. The lowest BCUT2D eigenvalue weighted by Crippen LogP contribution is -2.59. The van der Waals surface area contributed by atoms with Crippen LogP contribution in [0, 0.1) is 11.7 Å². The number of aldehydes is 1. The molecule has 1 aromatic heterocycles. The summed E-state index contributed by atoms with van der Waals surface area (Å²) in [7, 11) is 3.39. The van der Waals surface area contributed by atoms with Gasteiger partial charge < -0.3 is 25.0 Å². The first-order chi connectivity index (χ1) is 17.8. The molecule has 11 heteroatoms. The van der Waals surface area contributed by atoms with Crippen molar-refractivity contribution in [3.8, 4) is 0 Å². The van der Waals surface area contributed by atoms with Crippen molar-refractivity contribution in [1.29, 1.82) is 0 Å². The number of fused-ring (bicyclic) bond motifs is 1. The molecule has 1 aliphatic heterocycles. The molecule has 0 spiro atoms. The monoisotopic (exact) mass is 549 g/mol. The lowest BCUT2D eigenvalue weighted by atomic mass is 9.83. The maximum atomic E-state index is 13.8. The number of halogens is 2. The van der Waals surface area contributed by atoms with E-state index in [0.717, 1.165) is 32.1 Å². The second-order valence-electron chi connectivity index (χ2n) is 10.1. The molecule has 1 aromatic carbocycles. The highest BCUT2D eigenvalue weighted by Gasteiger charge is 2.36. The molecular weight excluding hydrogens is 513 g/mol. The van der Waals surface area contributed by atoms with Crippen molar-refractivity contribution in [2.75, 3.05) is 33.2 Å². The summed E-state index contributed by atoms with van der Waals surface area (Å²) >= 11 is 0. The van der Waals surface area contributed by atoms with Gasteiger partial charge in [0.25, 0.3) is 5.91 Å². The van der Waals surface area contributed by atoms with Crippen LogP contribution in [0.1, 0.15) is 59.9 Å². The van der Waals surface area contributed by atoms with Gasteiger partial charge in [-0.15, -0.1) is 12.4 Å². The number of aromatic nitrogens is 1. The van der Waals surface area contributed by atoms with Gasteiger partial charge in [0, 0.05) is 44.1 Å². The van der Waals surface area contributed by atoms with Crippen LogP contribution < -0.4 is 10.6 Å². The highest BCUT2D eigenvalue weighted by Crippen LogP contribution is 2.29. The van der Waals surface area contributed by atoms with Gasteiger partial charge in [-0.05, 0) is 50.9 Å². The van der Waals surface area contributed by atoms with E-state index in [1.165, 1.54) is 12.1 Å². The van der Waals surface area contributed by atoms with Crippen LogP contribution in [0.3, 0.4) is 0 Å². The molecule has 1 saturated carbocycles. The summed E-state index contributed by atoms with van der Waals surface area (Å²) in [6.07, 6.45) is 5.63. The molecule has 2 fully saturated rings. The molecule has 2 N–H and O–H groups in total. The van der Waals surface area contributed by atoms with Crippen LogP contribution in [0.4, 0.5) is 4.39 Å². The van der Waals surface area contributed by atoms with Gasteiger partial charge in [-0.2, -0.15) is 0 Å². The van der Waals surface area contributed by atoms with Crippen molar-refractivity contribution in [2.45, 2.75) is 51.1 Å². The first-order valence-electron chi connectivity index (χ1n) is 13.1. The maximum Gasteiger partial charge on any atom is 0.271 e. The topological polar surface area (TPSA) is 104 Å². The number of aryl methyl sites for hydroxylation is 1. The summed E-state index contributed by atoms with van der Waals surface area (Å²) in [5.74, 6) is -1.01. The predicted molar refractivity (Wildman–Crippen MR) is 145 cm³/mol. The number of carbonyl (C=O) groups is 4. The number of benzene rings is 1. The molecule has 0 bridgehead atoms. The summed E-state index contributed by atoms with van der Waals surface area (Å²) in [6.45, 7) is 3.03. The average molecular weight is 550 g/mol. The van der Waals surface area contributed by atoms with Crippen molar-refractivity contribution >= 4 is 47.3 Å². The van der Waals surface area contributed by atoms with E-state index < -0.39 is 17.9 Å². The molecule has 4 rings (SSSR count). The Hall–Kier alpha value is -2.98. The van der Waals surface area contributed by atoms with Gasteiger partial charge in [-0.25, -0.2) is 4.39 Å². The van der Waals surface area contributed by atoms with Gasteiger partial charge in [-0.3, -0.25) is 19.2 Å². The van der Waals surface area contributed by atoms with Gasteiger partial charge in [0.15, 0.2) is 6.29 Å². The summed E-state index contributed by atoms with van der Waals surface area (Å²) in [5.41, 5.74) is 0.977. The highest BCUT2D eigenvalue weighted by atomic mass is 35.5. The van der Waals surface area contributed by atoms with Crippen molar-refractivity contribution in [3.05, 3.63) is 35.3 Å². The minimum Gasteiger partial charge on any atom is -0.343 e. The third-order valence-electron chi connectivity index (χ3n) is 7.91. The molecule has 2 aromatic rings. The van der Waals surface area contributed by atoms with Crippen LogP contribution in [0.5, 0.6) is 0 Å². The molecule has 2 heterocycles. The lowest BCUT2D eigenvalue weighted by Gasteiger charge is -2.39. The number of hydrogen-bond donors (Lipinski definition) is 2. The van der Waals surface area contributed by atoms with Gasteiger partial charge in [0.05, 0.1) is 11.6 Å². The average Bonchev–Trinajstić information content (AvgIpc) is 3.21. The summed E-state index contributed by atoms with van der Waals surface area (Å²) in [5, 5.41) is 6.31. The molecule has 208 valence electrons. The van der Waals surface area contributed by atoms with E-state index in [1.807, 2.05) is 0 Å². The Morgan fingerprint density at radius 3 is 2.29 bits per heavy atom. The summed E-state index contributed by atoms with van der Waals surface area (Å²) in [6, 6.07) is 3.13. The van der Waals surface area contributed by atoms with Crippen molar-refractivity contribution in [3.63, 3.8) is 0 Å². The van der Waals surface area contributed by atoms with E-state index in [9.17, 15) is 23.6 Å². The van der Waals surface area contributed by atoms with Crippen molar-refractivity contribution in [2.24, 2.45) is 13.0 Å². The Bertz CT molecular complexity index is 1190. The Labute approximate surface area is 228 Å². The highest BCUT2D eigenvalue weighted by molar-refractivity contribution is 6.10. The molecule has 1 aliphatic carbocycles.